The number of nitrogens with one attached hydrogen (secondary N) is 1. The molecule has 3 rings (SSSR count). The molecule has 0 aliphatic carbocycles. The van der Waals surface area contributed by atoms with Crippen LogP contribution in [0.15, 0.2) is 47.6 Å². The van der Waals surface area contributed by atoms with Gasteiger partial charge in [0.15, 0.2) is 5.96 Å². The Bertz CT molecular complexity index is 772. The van der Waals surface area contributed by atoms with Gasteiger partial charge in [0.05, 0.1) is 20.3 Å². The van der Waals surface area contributed by atoms with Crippen molar-refractivity contribution in [2.45, 2.75) is 19.9 Å². The molecule has 1 aromatic heterocycles. The largest absolute Gasteiger partial charge is 0.497 e. The van der Waals surface area contributed by atoms with E-state index in [0.29, 0.717) is 18.3 Å². The zero-order valence-corrected chi connectivity index (χ0v) is 17.4. The quantitative estimate of drug-likeness (QED) is 0.544. The molecule has 0 amide bonds. The summed E-state index contributed by atoms with van der Waals surface area (Å²) in [6.45, 7) is 6.11. The maximum absolute atomic E-state index is 5.77. The molecule has 0 bridgehead atoms. The van der Waals surface area contributed by atoms with E-state index >= 15 is 0 Å². The molecule has 1 aromatic carbocycles. The van der Waals surface area contributed by atoms with E-state index < -0.39 is 0 Å². The van der Waals surface area contributed by atoms with Crippen molar-refractivity contribution in [3.8, 4) is 17.4 Å². The second-order valence-corrected chi connectivity index (χ2v) is 7.06. The number of rotatable bonds is 8. The Kier molecular flexibility index (Phi) is 7.69. The van der Waals surface area contributed by atoms with Gasteiger partial charge in [0.2, 0.25) is 5.88 Å². The van der Waals surface area contributed by atoms with Gasteiger partial charge in [0, 0.05) is 44.9 Å². The Morgan fingerprint density at radius 3 is 2.66 bits per heavy atom. The summed E-state index contributed by atoms with van der Waals surface area (Å²) in [6.07, 6.45) is 2.92. The highest BCUT2D eigenvalue weighted by atomic mass is 16.5. The third kappa shape index (κ3) is 6.35. The first-order chi connectivity index (χ1) is 14.2. The number of methoxy groups -OCH3 is 1. The minimum Gasteiger partial charge on any atom is -0.497 e. The van der Waals surface area contributed by atoms with Crippen LogP contribution in [0.4, 0.5) is 0 Å². The SMILES string of the molecule is CCNC(=NCc1ccc(Oc2ccc(OC)cc2)nc1)N(C)CC1CCOC1. The van der Waals surface area contributed by atoms with Crippen molar-refractivity contribution in [2.75, 3.05) is 40.5 Å². The number of pyridine rings is 1. The predicted octanol–water partition coefficient (Wildman–Crippen LogP) is 3.32. The van der Waals surface area contributed by atoms with Gasteiger partial charge >= 0.3 is 0 Å². The van der Waals surface area contributed by atoms with Gasteiger partial charge in [0.1, 0.15) is 11.5 Å². The highest BCUT2D eigenvalue weighted by Crippen LogP contribution is 2.22. The summed E-state index contributed by atoms with van der Waals surface area (Å²) in [5.41, 5.74) is 1.03. The predicted molar refractivity (Wildman–Crippen MR) is 114 cm³/mol. The van der Waals surface area contributed by atoms with E-state index in [4.69, 9.17) is 19.2 Å². The Labute approximate surface area is 172 Å². The Hall–Kier alpha value is -2.80. The minimum atomic E-state index is 0.549. The Morgan fingerprint density at radius 1 is 1.24 bits per heavy atom. The molecule has 0 saturated carbocycles. The second kappa shape index (κ2) is 10.7. The number of nitrogens with zero attached hydrogens (tertiary/aromatic N) is 3. The fraction of sp³-hybridized carbons (Fsp3) is 0.455. The van der Waals surface area contributed by atoms with Crippen LogP contribution in [-0.4, -0.2) is 56.3 Å². The number of aromatic nitrogens is 1. The molecule has 1 fully saturated rings. The monoisotopic (exact) mass is 398 g/mol. The molecular formula is C22H30N4O3. The average molecular weight is 399 g/mol. The van der Waals surface area contributed by atoms with E-state index in [2.05, 4.69) is 29.2 Å². The summed E-state index contributed by atoms with van der Waals surface area (Å²) in [5.74, 6) is 3.53. The number of benzene rings is 1. The van der Waals surface area contributed by atoms with Crippen LogP contribution in [0.1, 0.15) is 18.9 Å². The molecule has 2 heterocycles. The summed E-state index contributed by atoms with van der Waals surface area (Å²) >= 11 is 0. The number of ether oxygens (including phenoxy) is 3. The van der Waals surface area contributed by atoms with Crippen LogP contribution in [-0.2, 0) is 11.3 Å². The third-order valence-corrected chi connectivity index (χ3v) is 4.74. The Morgan fingerprint density at radius 2 is 2.03 bits per heavy atom. The normalized spacial score (nSPS) is 16.5. The zero-order chi connectivity index (χ0) is 20.5. The highest BCUT2D eigenvalue weighted by Gasteiger charge is 2.19. The van der Waals surface area contributed by atoms with E-state index in [1.54, 1.807) is 13.3 Å². The second-order valence-electron chi connectivity index (χ2n) is 7.06. The molecule has 0 radical (unpaired) electrons. The lowest BCUT2D eigenvalue weighted by molar-refractivity contribution is 0.181. The van der Waals surface area contributed by atoms with Crippen molar-refractivity contribution < 1.29 is 14.2 Å². The third-order valence-electron chi connectivity index (χ3n) is 4.74. The topological polar surface area (TPSA) is 68.2 Å². The highest BCUT2D eigenvalue weighted by molar-refractivity contribution is 5.79. The first kappa shape index (κ1) is 20.9. The summed E-state index contributed by atoms with van der Waals surface area (Å²) < 4.78 is 16.4. The van der Waals surface area contributed by atoms with Crippen molar-refractivity contribution in [3.05, 3.63) is 48.2 Å². The molecule has 1 aliphatic heterocycles. The van der Waals surface area contributed by atoms with Gasteiger partial charge in [0.25, 0.3) is 0 Å². The number of hydrogen-bond acceptors (Lipinski definition) is 5. The minimum absolute atomic E-state index is 0.549. The zero-order valence-electron chi connectivity index (χ0n) is 17.4. The van der Waals surface area contributed by atoms with Crippen LogP contribution in [0, 0.1) is 5.92 Å². The van der Waals surface area contributed by atoms with Crippen LogP contribution in [0.5, 0.6) is 17.4 Å². The van der Waals surface area contributed by atoms with Crippen molar-refractivity contribution in [1.29, 1.82) is 0 Å². The molecular weight excluding hydrogens is 368 g/mol. The fourth-order valence-corrected chi connectivity index (χ4v) is 3.17. The van der Waals surface area contributed by atoms with Gasteiger partial charge in [-0.25, -0.2) is 9.98 Å². The van der Waals surface area contributed by atoms with E-state index in [9.17, 15) is 0 Å². The molecule has 1 unspecified atom stereocenters. The fourth-order valence-electron chi connectivity index (χ4n) is 3.17. The molecule has 2 aromatic rings. The number of guanidine groups is 1. The number of hydrogen-bond donors (Lipinski definition) is 1. The molecule has 7 heteroatoms. The molecule has 156 valence electrons. The average Bonchev–Trinajstić information content (AvgIpc) is 3.25. The molecule has 1 saturated heterocycles. The van der Waals surface area contributed by atoms with Gasteiger partial charge < -0.3 is 24.4 Å². The molecule has 1 aliphatic rings. The van der Waals surface area contributed by atoms with Gasteiger partial charge in [-0.2, -0.15) is 0 Å². The maximum Gasteiger partial charge on any atom is 0.219 e. The Balaban J connectivity index is 1.57. The molecule has 1 atom stereocenters. The van der Waals surface area contributed by atoms with Crippen LogP contribution in [0.25, 0.3) is 0 Å². The molecule has 29 heavy (non-hydrogen) atoms. The first-order valence-electron chi connectivity index (χ1n) is 10.0. The van der Waals surface area contributed by atoms with Crippen molar-refractivity contribution in [2.24, 2.45) is 10.9 Å². The van der Waals surface area contributed by atoms with Crippen LogP contribution < -0.4 is 14.8 Å². The summed E-state index contributed by atoms with van der Waals surface area (Å²) in [7, 11) is 3.71. The van der Waals surface area contributed by atoms with Crippen molar-refractivity contribution >= 4 is 5.96 Å². The van der Waals surface area contributed by atoms with Crippen molar-refractivity contribution in [3.63, 3.8) is 0 Å². The number of aliphatic imine (C=N–C) groups is 1. The molecule has 0 spiro atoms. The van der Waals surface area contributed by atoms with E-state index in [1.807, 2.05) is 36.4 Å². The lowest BCUT2D eigenvalue weighted by atomic mass is 10.1. The lowest BCUT2D eigenvalue weighted by Gasteiger charge is -2.24. The standard InChI is InChI=1S/C22H30N4O3/c1-4-23-22(26(2)15-18-11-12-28-16-18)25-14-17-5-10-21(24-13-17)29-20-8-6-19(27-3)7-9-20/h5-10,13,18H,4,11-12,14-16H2,1-3H3,(H,23,25). The first-order valence-corrected chi connectivity index (χ1v) is 10.0. The summed E-state index contributed by atoms with van der Waals surface area (Å²) in [5, 5.41) is 3.36. The van der Waals surface area contributed by atoms with Crippen LogP contribution in [0.2, 0.25) is 0 Å². The van der Waals surface area contributed by atoms with Gasteiger partial charge in [-0.3, -0.25) is 0 Å². The molecule has 1 N–H and O–H groups in total. The van der Waals surface area contributed by atoms with Crippen molar-refractivity contribution in [1.82, 2.24) is 15.2 Å². The summed E-state index contributed by atoms with van der Waals surface area (Å²) in [6, 6.07) is 11.3. The van der Waals surface area contributed by atoms with Gasteiger partial charge in [-0.15, -0.1) is 0 Å². The lowest BCUT2D eigenvalue weighted by Crippen LogP contribution is -2.41. The van der Waals surface area contributed by atoms with Gasteiger partial charge in [-0.1, -0.05) is 6.07 Å². The molecule has 7 nitrogen and oxygen atoms in total. The van der Waals surface area contributed by atoms with Gasteiger partial charge in [-0.05, 0) is 43.2 Å². The van der Waals surface area contributed by atoms with Crippen LogP contribution >= 0.6 is 0 Å². The van der Waals surface area contributed by atoms with E-state index in [1.165, 1.54) is 0 Å². The van der Waals surface area contributed by atoms with E-state index in [0.717, 1.165) is 55.7 Å². The maximum atomic E-state index is 5.77. The smallest absolute Gasteiger partial charge is 0.219 e. The summed E-state index contributed by atoms with van der Waals surface area (Å²) in [4.78, 5) is 11.3. The van der Waals surface area contributed by atoms with Crippen LogP contribution in [0.3, 0.4) is 0 Å². The van der Waals surface area contributed by atoms with E-state index in [-0.39, 0.29) is 0 Å².